The highest BCUT2D eigenvalue weighted by molar-refractivity contribution is 5.36. The number of aromatic nitrogens is 2. The number of aryl methyl sites for hydroxylation is 1. The molecular weight excluding hydrogens is 286 g/mol. The number of hydrogen-bond donors (Lipinski definition) is 2. The van der Waals surface area contributed by atoms with E-state index >= 15 is 0 Å². The lowest BCUT2D eigenvalue weighted by Crippen LogP contribution is -2.42. The van der Waals surface area contributed by atoms with E-state index in [-0.39, 0.29) is 18.1 Å². The van der Waals surface area contributed by atoms with Gasteiger partial charge in [-0.3, -0.25) is 0 Å². The highest BCUT2D eigenvalue weighted by Gasteiger charge is 2.38. The SMILES string of the molecule is Cc1nccn1-c1ccc(C(C)NC2CCCC2(C)CO)cc1. The van der Waals surface area contributed by atoms with E-state index in [1.54, 1.807) is 0 Å². The van der Waals surface area contributed by atoms with E-state index in [2.05, 4.69) is 53.0 Å². The molecule has 1 heterocycles. The molecule has 0 amide bonds. The molecule has 2 N–H and O–H groups in total. The minimum atomic E-state index is 0.0160. The van der Waals surface area contributed by atoms with Crippen molar-refractivity contribution in [2.45, 2.75) is 52.1 Å². The quantitative estimate of drug-likeness (QED) is 0.889. The Bertz CT molecular complexity index is 649. The molecule has 0 saturated heterocycles. The Labute approximate surface area is 138 Å². The summed E-state index contributed by atoms with van der Waals surface area (Å²) in [5.74, 6) is 0.994. The van der Waals surface area contributed by atoms with Crippen LogP contribution in [0, 0.1) is 12.3 Å². The molecular formula is C19H27N3O. The molecule has 1 aliphatic carbocycles. The molecule has 3 rings (SSSR count). The summed E-state index contributed by atoms with van der Waals surface area (Å²) in [4.78, 5) is 4.27. The van der Waals surface area contributed by atoms with Crippen molar-refractivity contribution < 1.29 is 5.11 Å². The van der Waals surface area contributed by atoms with Gasteiger partial charge < -0.3 is 15.0 Å². The van der Waals surface area contributed by atoms with Gasteiger partial charge in [0, 0.05) is 42.2 Å². The Hall–Kier alpha value is -1.65. The first-order valence-corrected chi connectivity index (χ1v) is 8.51. The fraction of sp³-hybridized carbons (Fsp3) is 0.526. The third-order valence-electron chi connectivity index (χ3n) is 5.39. The molecule has 2 aromatic rings. The van der Waals surface area contributed by atoms with Crippen LogP contribution < -0.4 is 5.32 Å². The minimum absolute atomic E-state index is 0.0160. The first-order valence-electron chi connectivity index (χ1n) is 8.51. The molecule has 1 aromatic heterocycles. The summed E-state index contributed by atoms with van der Waals surface area (Å²) in [6, 6.07) is 9.31. The van der Waals surface area contributed by atoms with Crippen LogP contribution in [0.25, 0.3) is 5.69 Å². The molecule has 0 aliphatic heterocycles. The van der Waals surface area contributed by atoms with E-state index in [9.17, 15) is 5.11 Å². The number of benzene rings is 1. The number of imidazole rings is 1. The summed E-state index contributed by atoms with van der Waals surface area (Å²) in [5.41, 5.74) is 2.43. The van der Waals surface area contributed by atoms with E-state index < -0.39 is 0 Å². The monoisotopic (exact) mass is 313 g/mol. The fourth-order valence-corrected chi connectivity index (χ4v) is 3.68. The molecule has 124 valence electrons. The summed E-state index contributed by atoms with van der Waals surface area (Å²) >= 11 is 0. The third kappa shape index (κ3) is 3.19. The highest BCUT2D eigenvalue weighted by atomic mass is 16.3. The molecule has 1 aliphatic rings. The molecule has 3 unspecified atom stereocenters. The summed E-state index contributed by atoms with van der Waals surface area (Å²) in [6.45, 7) is 6.66. The van der Waals surface area contributed by atoms with Crippen molar-refractivity contribution in [1.29, 1.82) is 0 Å². The summed E-state index contributed by atoms with van der Waals surface area (Å²) < 4.78 is 2.08. The average Bonchev–Trinajstić information content (AvgIpc) is 3.14. The van der Waals surface area contributed by atoms with Gasteiger partial charge >= 0.3 is 0 Å². The third-order valence-corrected chi connectivity index (χ3v) is 5.39. The predicted octanol–water partition coefficient (Wildman–Crippen LogP) is 3.38. The van der Waals surface area contributed by atoms with E-state index in [1.165, 1.54) is 12.0 Å². The van der Waals surface area contributed by atoms with Gasteiger partial charge in [-0.2, -0.15) is 0 Å². The van der Waals surface area contributed by atoms with Crippen LogP contribution in [0.5, 0.6) is 0 Å². The van der Waals surface area contributed by atoms with Crippen molar-refractivity contribution in [3.8, 4) is 5.69 Å². The maximum absolute atomic E-state index is 9.70. The maximum atomic E-state index is 9.70. The van der Waals surface area contributed by atoms with Gasteiger partial charge in [0.1, 0.15) is 5.82 Å². The zero-order valence-electron chi connectivity index (χ0n) is 14.3. The minimum Gasteiger partial charge on any atom is -0.396 e. The number of nitrogens with zero attached hydrogens (tertiary/aromatic N) is 2. The average molecular weight is 313 g/mol. The predicted molar refractivity (Wildman–Crippen MR) is 92.7 cm³/mol. The van der Waals surface area contributed by atoms with Crippen LogP contribution in [0.15, 0.2) is 36.7 Å². The number of aliphatic hydroxyl groups is 1. The Balaban J connectivity index is 1.71. The Morgan fingerprint density at radius 2 is 2.13 bits per heavy atom. The molecule has 23 heavy (non-hydrogen) atoms. The van der Waals surface area contributed by atoms with Crippen molar-refractivity contribution in [3.63, 3.8) is 0 Å². The van der Waals surface area contributed by atoms with Crippen LogP contribution in [0.4, 0.5) is 0 Å². The number of rotatable bonds is 5. The molecule has 0 spiro atoms. The lowest BCUT2D eigenvalue weighted by molar-refractivity contribution is 0.114. The van der Waals surface area contributed by atoms with Gasteiger partial charge in [-0.05, 0) is 44.4 Å². The first kappa shape index (κ1) is 16.2. The van der Waals surface area contributed by atoms with Crippen molar-refractivity contribution in [2.75, 3.05) is 6.61 Å². The van der Waals surface area contributed by atoms with Crippen molar-refractivity contribution >= 4 is 0 Å². The zero-order chi connectivity index (χ0) is 16.4. The first-order chi connectivity index (χ1) is 11.0. The van der Waals surface area contributed by atoms with Crippen LogP contribution in [0.2, 0.25) is 0 Å². The second kappa shape index (κ2) is 6.46. The van der Waals surface area contributed by atoms with Crippen molar-refractivity contribution in [2.24, 2.45) is 5.41 Å². The van der Waals surface area contributed by atoms with Crippen LogP contribution in [0.1, 0.15) is 50.5 Å². The largest absolute Gasteiger partial charge is 0.396 e. The highest BCUT2D eigenvalue weighted by Crippen LogP contribution is 2.38. The molecule has 4 nitrogen and oxygen atoms in total. The second-order valence-corrected chi connectivity index (χ2v) is 7.08. The van der Waals surface area contributed by atoms with Crippen molar-refractivity contribution in [1.82, 2.24) is 14.9 Å². The number of hydrogen-bond acceptors (Lipinski definition) is 3. The molecule has 4 heteroatoms. The summed E-state index contributed by atoms with van der Waals surface area (Å²) in [5, 5.41) is 13.4. The van der Waals surface area contributed by atoms with Crippen LogP contribution >= 0.6 is 0 Å². The molecule has 1 fully saturated rings. The molecule has 1 saturated carbocycles. The second-order valence-electron chi connectivity index (χ2n) is 7.08. The Morgan fingerprint density at radius 1 is 1.39 bits per heavy atom. The number of nitrogens with one attached hydrogen (secondary N) is 1. The van der Waals surface area contributed by atoms with E-state index in [0.29, 0.717) is 6.04 Å². The summed E-state index contributed by atoms with van der Waals surface area (Å²) in [6.07, 6.45) is 7.25. The smallest absolute Gasteiger partial charge is 0.110 e. The van der Waals surface area contributed by atoms with E-state index in [4.69, 9.17) is 0 Å². The zero-order valence-corrected chi connectivity index (χ0v) is 14.3. The summed E-state index contributed by atoms with van der Waals surface area (Å²) in [7, 11) is 0. The maximum Gasteiger partial charge on any atom is 0.110 e. The van der Waals surface area contributed by atoms with Gasteiger partial charge in [-0.25, -0.2) is 4.98 Å². The van der Waals surface area contributed by atoms with Crippen LogP contribution in [-0.4, -0.2) is 27.3 Å². The Morgan fingerprint density at radius 3 is 2.74 bits per heavy atom. The molecule has 0 bridgehead atoms. The van der Waals surface area contributed by atoms with E-state index in [0.717, 1.165) is 24.4 Å². The van der Waals surface area contributed by atoms with E-state index in [1.807, 2.05) is 19.3 Å². The van der Waals surface area contributed by atoms with Crippen molar-refractivity contribution in [3.05, 3.63) is 48.0 Å². The number of aliphatic hydroxyl groups excluding tert-OH is 1. The van der Waals surface area contributed by atoms with Gasteiger partial charge in [0.05, 0.1) is 0 Å². The van der Waals surface area contributed by atoms with Gasteiger partial charge in [0.15, 0.2) is 0 Å². The van der Waals surface area contributed by atoms with Gasteiger partial charge in [0.25, 0.3) is 0 Å². The lowest BCUT2D eigenvalue weighted by Gasteiger charge is -2.32. The van der Waals surface area contributed by atoms with Crippen LogP contribution in [-0.2, 0) is 0 Å². The van der Waals surface area contributed by atoms with Gasteiger partial charge in [0.2, 0.25) is 0 Å². The lowest BCUT2D eigenvalue weighted by atomic mass is 9.85. The molecule has 1 aromatic carbocycles. The van der Waals surface area contributed by atoms with Gasteiger partial charge in [-0.15, -0.1) is 0 Å². The van der Waals surface area contributed by atoms with Crippen LogP contribution in [0.3, 0.4) is 0 Å². The standard InChI is InChI=1S/C19H27N3O/c1-14(21-18-5-4-10-19(18,3)13-23)16-6-8-17(9-7-16)22-12-11-20-15(22)2/h6-9,11-12,14,18,21,23H,4-5,10,13H2,1-3H3. The molecule has 3 atom stereocenters. The Kier molecular flexibility index (Phi) is 4.55. The topological polar surface area (TPSA) is 50.1 Å². The molecule has 0 radical (unpaired) electrons. The fourth-order valence-electron chi connectivity index (χ4n) is 3.68. The van der Waals surface area contributed by atoms with Gasteiger partial charge in [-0.1, -0.05) is 25.5 Å². The normalized spacial score (nSPS) is 25.7.